The molecule has 7 heteroatoms. The maximum atomic E-state index is 12.7. The highest BCUT2D eigenvalue weighted by molar-refractivity contribution is 7.89. The molecule has 0 aliphatic carbocycles. The van der Waals surface area contributed by atoms with Gasteiger partial charge in [-0.3, -0.25) is 4.79 Å². The molecule has 1 N–H and O–H groups in total. The van der Waals surface area contributed by atoms with Crippen molar-refractivity contribution in [2.45, 2.75) is 11.4 Å². The summed E-state index contributed by atoms with van der Waals surface area (Å²) in [5.74, 6) is 0.411. The van der Waals surface area contributed by atoms with Crippen LogP contribution in [0.25, 0.3) is 0 Å². The van der Waals surface area contributed by atoms with E-state index >= 15 is 0 Å². The molecule has 0 atom stereocenters. The van der Waals surface area contributed by atoms with E-state index in [1.807, 2.05) is 24.3 Å². The summed E-state index contributed by atoms with van der Waals surface area (Å²) in [6.07, 6.45) is 1.45. The summed E-state index contributed by atoms with van der Waals surface area (Å²) in [7, 11) is -0.452. The van der Waals surface area contributed by atoms with E-state index in [9.17, 15) is 13.2 Å². The highest BCUT2D eigenvalue weighted by Crippen LogP contribution is 2.20. The second-order valence-corrected chi connectivity index (χ2v) is 7.41. The average Bonchev–Trinajstić information content (AvgIpc) is 2.66. The zero-order valence-corrected chi connectivity index (χ0v) is 15.6. The van der Waals surface area contributed by atoms with Crippen LogP contribution in [0.4, 0.5) is 0 Å². The Morgan fingerprint density at radius 2 is 1.96 bits per heavy atom. The first-order valence-electron chi connectivity index (χ1n) is 7.97. The monoisotopic (exact) mass is 374 g/mol. The molecule has 0 saturated carbocycles. The van der Waals surface area contributed by atoms with E-state index in [1.54, 1.807) is 26.3 Å². The number of benzene rings is 2. The van der Waals surface area contributed by atoms with Gasteiger partial charge in [0.05, 0.1) is 12.0 Å². The van der Waals surface area contributed by atoms with Crippen LogP contribution in [0.5, 0.6) is 5.75 Å². The minimum atomic E-state index is -3.69. The van der Waals surface area contributed by atoms with Crippen LogP contribution in [0.15, 0.2) is 66.1 Å². The second-order valence-electron chi connectivity index (χ2n) is 5.64. The molecule has 1 amide bonds. The number of carbonyl (C=O) groups is 1. The summed E-state index contributed by atoms with van der Waals surface area (Å²) in [6, 6.07) is 13.4. The predicted molar refractivity (Wildman–Crippen MR) is 101 cm³/mol. The first kappa shape index (κ1) is 19.7. The van der Waals surface area contributed by atoms with E-state index < -0.39 is 10.0 Å². The Morgan fingerprint density at radius 3 is 2.65 bits per heavy atom. The van der Waals surface area contributed by atoms with Crippen molar-refractivity contribution >= 4 is 15.9 Å². The molecular formula is C19H22N2O4S. The second kappa shape index (κ2) is 8.64. The zero-order chi connectivity index (χ0) is 19.2. The lowest BCUT2D eigenvalue weighted by molar-refractivity contribution is 0.0784. The van der Waals surface area contributed by atoms with Gasteiger partial charge in [-0.25, -0.2) is 13.1 Å². The summed E-state index contributed by atoms with van der Waals surface area (Å²) in [6.45, 7) is 3.94. The number of hydrogen-bond acceptors (Lipinski definition) is 4. The number of ether oxygens (including phenoxy) is 1. The first-order valence-corrected chi connectivity index (χ1v) is 9.45. The van der Waals surface area contributed by atoms with Crippen molar-refractivity contribution in [3.63, 3.8) is 0 Å². The minimum Gasteiger partial charge on any atom is -0.496 e. The van der Waals surface area contributed by atoms with Crippen LogP contribution in [0.1, 0.15) is 15.9 Å². The van der Waals surface area contributed by atoms with Gasteiger partial charge < -0.3 is 9.64 Å². The lowest BCUT2D eigenvalue weighted by Crippen LogP contribution is -2.27. The number of nitrogens with zero attached hydrogens (tertiary/aromatic N) is 1. The number of hydrogen-bond donors (Lipinski definition) is 1. The highest BCUT2D eigenvalue weighted by Gasteiger charge is 2.18. The lowest BCUT2D eigenvalue weighted by atomic mass is 10.1. The van der Waals surface area contributed by atoms with Gasteiger partial charge in [0.2, 0.25) is 10.0 Å². The standard InChI is InChI=1S/C19H22N2O4S/c1-4-12-20-26(23,24)17-10-7-9-15(13-17)19(22)21(2)14-16-8-5-6-11-18(16)25-3/h4-11,13,20H,1,12,14H2,2-3H3. The van der Waals surface area contributed by atoms with Crippen LogP contribution in [0.3, 0.4) is 0 Å². The number of para-hydroxylation sites is 1. The Hall–Kier alpha value is -2.64. The normalized spacial score (nSPS) is 11.0. The highest BCUT2D eigenvalue weighted by atomic mass is 32.2. The van der Waals surface area contributed by atoms with Gasteiger partial charge in [0, 0.05) is 31.3 Å². The van der Waals surface area contributed by atoms with Crippen molar-refractivity contribution in [2.24, 2.45) is 0 Å². The van der Waals surface area contributed by atoms with E-state index in [-0.39, 0.29) is 17.3 Å². The molecule has 0 unspecified atom stereocenters. The fourth-order valence-corrected chi connectivity index (χ4v) is 3.47. The topological polar surface area (TPSA) is 75.7 Å². The number of carbonyl (C=O) groups excluding carboxylic acids is 1. The molecule has 2 aromatic carbocycles. The number of rotatable bonds is 8. The first-order chi connectivity index (χ1) is 12.4. The van der Waals surface area contributed by atoms with E-state index in [2.05, 4.69) is 11.3 Å². The third-order valence-corrected chi connectivity index (χ3v) is 5.18. The maximum absolute atomic E-state index is 12.7. The van der Waals surface area contributed by atoms with Crippen LogP contribution in [0.2, 0.25) is 0 Å². The Bertz CT molecular complexity index is 894. The average molecular weight is 374 g/mol. The number of methoxy groups -OCH3 is 1. The Balaban J connectivity index is 2.21. The fraction of sp³-hybridized carbons (Fsp3) is 0.211. The molecule has 0 aliphatic heterocycles. The molecule has 2 rings (SSSR count). The van der Waals surface area contributed by atoms with E-state index in [4.69, 9.17) is 4.74 Å². The molecule has 0 aliphatic rings. The molecule has 0 heterocycles. The molecule has 2 aromatic rings. The van der Waals surface area contributed by atoms with Gasteiger partial charge in [0.15, 0.2) is 0 Å². The van der Waals surface area contributed by atoms with Crippen molar-refractivity contribution in [2.75, 3.05) is 20.7 Å². The van der Waals surface area contributed by atoms with Crippen LogP contribution < -0.4 is 9.46 Å². The number of amides is 1. The van der Waals surface area contributed by atoms with Gasteiger partial charge >= 0.3 is 0 Å². The SMILES string of the molecule is C=CCNS(=O)(=O)c1cccc(C(=O)N(C)Cc2ccccc2OC)c1. The third kappa shape index (κ3) is 4.71. The van der Waals surface area contributed by atoms with Gasteiger partial charge in [0.25, 0.3) is 5.91 Å². The van der Waals surface area contributed by atoms with E-state index in [1.165, 1.54) is 23.1 Å². The molecule has 0 bridgehead atoms. The predicted octanol–water partition coefficient (Wildman–Crippen LogP) is 2.43. The maximum Gasteiger partial charge on any atom is 0.253 e. The molecule has 0 radical (unpaired) electrons. The van der Waals surface area contributed by atoms with Crippen molar-refractivity contribution < 1.29 is 17.9 Å². The van der Waals surface area contributed by atoms with Crippen LogP contribution in [0, 0.1) is 0 Å². The smallest absolute Gasteiger partial charge is 0.253 e. The van der Waals surface area contributed by atoms with Crippen molar-refractivity contribution in [1.29, 1.82) is 0 Å². The quantitative estimate of drug-likeness (QED) is 0.720. The van der Waals surface area contributed by atoms with Gasteiger partial charge in [-0.2, -0.15) is 0 Å². The molecule has 0 aromatic heterocycles. The largest absolute Gasteiger partial charge is 0.496 e. The molecule has 26 heavy (non-hydrogen) atoms. The van der Waals surface area contributed by atoms with E-state index in [0.717, 1.165) is 5.56 Å². The Kier molecular flexibility index (Phi) is 6.54. The summed E-state index contributed by atoms with van der Waals surface area (Å²) >= 11 is 0. The summed E-state index contributed by atoms with van der Waals surface area (Å²) in [5.41, 5.74) is 1.16. The summed E-state index contributed by atoms with van der Waals surface area (Å²) in [5, 5.41) is 0. The van der Waals surface area contributed by atoms with Crippen molar-refractivity contribution in [1.82, 2.24) is 9.62 Å². The summed E-state index contributed by atoms with van der Waals surface area (Å²) < 4.78 is 32.1. The zero-order valence-electron chi connectivity index (χ0n) is 14.8. The Morgan fingerprint density at radius 1 is 1.23 bits per heavy atom. The molecule has 0 fully saturated rings. The molecule has 138 valence electrons. The van der Waals surface area contributed by atoms with Crippen LogP contribution in [-0.4, -0.2) is 39.9 Å². The lowest BCUT2D eigenvalue weighted by Gasteiger charge is -2.19. The molecule has 6 nitrogen and oxygen atoms in total. The van der Waals surface area contributed by atoms with Gasteiger partial charge in [-0.15, -0.1) is 6.58 Å². The van der Waals surface area contributed by atoms with Crippen molar-refractivity contribution in [3.05, 3.63) is 72.3 Å². The Labute approximate surface area is 154 Å². The molecular weight excluding hydrogens is 352 g/mol. The molecule has 0 spiro atoms. The van der Waals surface area contributed by atoms with Crippen LogP contribution in [-0.2, 0) is 16.6 Å². The van der Waals surface area contributed by atoms with Gasteiger partial charge in [-0.05, 0) is 24.3 Å². The van der Waals surface area contributed by atoms with Crippen molar-refractivity contribution in [3.8, 4) is 5.75 Å². The number of sulfonamides is 1. The fourth-order valence-electron chi connectivity index (χ4n) is 2.43. The summed E-state index contributed by atoms with van der Waals surface area (Å²) in [4.78, 5) is 14.2. The number of nitrogens with one attached hydrogen (secondary N) is 1. The minimum absolute atomic E-state index is 0.0379. The third-order valence-electron chi connectivity index (χ3n) is 3.76. The van der Waals surface area contributed by atoms with Gasteiger partial charge in [-0.1, -0.05) is 30.3 Å². The van der Waals surface area contributed by atoms with Crippen LogP contribution >= 0.6 is 0 Å². The van der Waals surface area contributed by atoms with E-state index in [0.29, 0.717) is 17.9 Å². The van der Waals surface area contributed by atoms with Gasteiger partial charge in [0.1, 0.15) is 5.75 Å². The molecule has 0 saturated heterocycles.